The van der Waals surface area contributed by atoms with Gasteiger partial charge in [-0.25, -0.2) is 12.7 Å². The molecule has 200 valence electrons. The number of sulfonamides is 1. The topological polar surface area (TPSA) is 95.6 Å². The van der Waals surface area contributed by atoms with Crippen molar-refractivity contribution in [3.8, 4) is 0 Å². The first-order valence-corrected chi connectivity index (χ1v) is 14.7. The van der Waals surface area contributed by atoms with Crippen LogP contribution >= 0.6 is 23.2 Å². The summed E-state index contributed by atoms with van der Waals surface area (Å²) < 4.78 is 27.3. The highest BCUT2D eigenvalue weighted by atomic mass is 35.5. The molecule has 3 aromatic carbocycles. The Morgan fingerprint density at radius 3 is 2.32 bits per heavy atom. The number of hydrogen-bond acceptors (Lipinski definition) is 4. The van der Waals surface area contributed by atoms with Crippen molar-refractivity contribution < 1.29 is 18.0 Å². The molecule has 0 aliphatic carbocycles. The SMILES string of the molecule is O=C(NCCc1ccccc1)c1ccccc1NC(=O)C1CCN(S(=O)(=O)Cc2ccc(Cl)cc2Cl)CC1. The molecule has 1 aliphatic heterocycles. The molecule has 1 saturated heterocycles. The summed E-state index contributed by atoms with van der Waals surface area (Å²) in [6, 6.07) is 21.5. The van der Waals surface area contributed by atoms with Crippen molar-refractivity contribution in [2.45, 2.75) is 25.0 Å². The van der Waals surface area contributed by atoms with E-state index in [9.17, 15) is 18.0 Å². The molecule has 0 aromatic heterocycles. The van der Waals surface area contributed by atoms with E-state index in [1.165, 1.54) is 10.4 Å². The Labute approximate surface area is 233 Å². The number of nitrogens with one attached hydrogen (secondary N) is 2. The van der Waals surface area contributed by atoms with Crippen LogP contribution in [0.2, 0.25) is 10.0 Å². The Bertz CT molecular complexity index is 1390. The van der Waals surface area contributed by atoms with E-state index in [0.717, 1.165) is 5.56 Å². The smallest absolute Gasteiger partial charge is 0.253 e. The van der Waals surface area contributed by atoms with E-state index in [1.807, 2.05) is 30.3 Å². The molecule has 1 aliphatic rings. The van der Waals surface area contributed by atoms with Crippen molar-refractivity contribution in [3.05, 3.63) is 99.5 Å². The second-order valence-corrected chi connectivity index (χ2v) is 12.0. The van der Waals surface area contributed by atoms with E-state index in [-0.39, 0.29) is 36.6 Å². The van der Waals surface area contributed by atoms with Gasteiger partial charge < -0.3 is 10.6 Å². The van der Waals surface area contributed by atoms with Crippen LogP contribution in [0.25, 0.3) is 0 Å². The van der Waals surface area contributed by atoms with Crippen LogP contribution in [0, 0.1) is 5.92 Å². The largest absolute Gasteiger partial charge is 0.352 e. The van der Waals surface area contributed by atoms with Crippen LogP contribution < -0.4 is 10.6 Å². The van der Waals surface area contributed by atoms with Gasteiger partial charge in [0.25, 0.3) is 5.91 Å². The second kappa shape index (κ2) is 12.8. The zero-order valence-corrected chi connectivity index (χ0v) is 23.0. The normalized spacial score (nSPS) is 14.7. The third kappa shape index (κ3) is 7.35. The van der Waals surface area contributed by atoms with Gasteiger partial charge in [-0.3, -0.25) is 9.59 Å². The van der Waals surface area contributed by atoms with Gasteiger partial charge >= 0.3 is 0 Å². The molecule has 1 fully saturated rings. The van der Waals surface area contributed by atoms with Crippen LogP contribution in [0.5, 0.6) is 0 Å². The van der Waals surface area contributed by atoms with Crippen molar-refractivity contribution in [2.75, 3.05) is 25.0 Å². The number of benzene rings is 3. The minimum Gasteiger partial charge on any atom is -0.352 e. The summed E-state index contributed by atoms with van der Waals surface area (Å²) in [6.45, 7) is 0.930. The van der Waals surface area contributed by atoms with Gasteiger partial charge in [0.1, 0.15) is 0 Å². The Kier molecular flexibility index (Phi) is 9.44. The lowest BCUT2D eigenvalue weighted by atomic mass is 9.97. The Morgan fingerprint density at radius 1 is 0.921 bits per heavy atom. The number of nitrogens with zero attached hydrogens (tertiary/aromatic N) is 1. The zero-order chi connectivity index (χ0) is 27.1. The molecular weight excluding hydrogens is 545 g/mol. The fourth-order valence-electron chi connectivity index (χ4n) is 4.41. The summed E-state index contributed by atoms with van der Waals surface area (Å²) in [5.41, 5.74) is 2.42. The van der Waals surface area contributed by atoms with E-state index in [4.69, 9.17) is 23.2 Å². The highest BCUT2D eigenvalue weighted by Crippen LogP contribution is 2.27. The van der Waals surface area contributed by atoms with Crippen LogP contribution in [0.15, 0.2) is 72.8 Å². The number of anilines is 1. The maximum Gasteiger partial charge on any atom is 0.253 e. The molecule has 0 unspecified atom stereocenters. The molecule has 0 saturated carbocycles. The van der Waals surface area contributed by atoms with Gasteiger partial charge in [0.15, 0.2) is 0 Å². The molecule has 3 aromatic rings. The summed E-state index contributed by atoms with van der Waals surface area (Å²) in [5.74, 6) is -1.09. The average Bonchev–Trinajstić information content (AvgIpc) is 2.91. The fourth-order valence-corrected chi connectivity index (χ4v) is 6.56. The van der Waals surface area contributed by atoms with Gasteiger partial charge in [0.2, 0.25) is 15.9 Å². The van der Waals surface area contributed by atoms with E-state index in [0.29, 0.717) is 52.7 Å². The molecule has 38 heavy (non-hydrogen) atoms. The molecule has 2 N–H and O–H groups in total. The number of carbonyl (C=O) groups is 2. The number of rotatable bonds is 9. The number of carbonyl (C=O) groups excluding carboxylic acids is 2. The minimum absolute atomic E-state index is 0.229. The molecule has 4 rings (SSSR count). The molecule has 2 amide bonds. The maximum atomic E-state index is 13.0. The van der Waals surface area contributed by atoms with Gasteiger partial charge in [0.05, 0.1) is 17.0 Å². The number of hydrogen-bond donors (Lipinski definition) is 2. The Morgan fingerprint density at radius 2 is 1.61 bits per heavy atom. The first kappa shape index (κ1) is 28.1. The van der Waals surface area contributed by atoms with Crippen LogP contribution in [0.4, 0.5) is 5.69 Å². The van der Waals surface area contributed by atoms with Crippen LogP contribution in [0.3, 0.4) is 0 Å². The minimum atomic E-state index is -3.61. The number of halogens is 2. The lowest BCUT2D eigenvalue weighted by molar-refractivity contribution is -0.120. The van der Waals surface area contributed by atoms with Gasteiger partial charge in [-0.15, -0.1) is 0 Å². The molecule has 7 nitrogen and oxygen atoms in total. The van der Waals surface area contributed by atoms with Crippen LogP contribution in [-0.4, -0.2) is 44.2 Å². The molecule has 0 bridgehead atoms. The highest BCUT2D eigenvalue weighted by Gasteiger charge is 2.32. The first-order valence-electron chi connectivity index (χ1n) is 12.4. The van der Waals surface area contributed by atoms with Gasteiger partial charge in [-0.1, -0.05) is 71.7 Å². The van der Waals surface area contributed by atoms with Gasteiger partial charge in [-0.05, 0) is 54.7 Å². The molecule has 10 heteroatoms. The average molecular weight is 575 g/mol. The van der Waals surface area contributed by atoms with Crippen molar-refractivity contribution >= 4 is 50.7 Å². The number of para-hydroxylation sites is 1. The molecule has 0 spiro atoms. The Hall–Kier alpha value is -2.91. The summed E-state index contributed by atoms with van der Waals surface area (Å²) in [7, 11) is -3.61. The molecule has 1 heterocycles. The van der Waals surface area contributed by atoms with E-state index in [1.54, 1.807) is 36.4 Å². The van der Waals surface area contributed by atoms with Gasteiger partial charge in [0, 0.05) is 35.6 Å². The summed E-state index contributed by atoms with van der Waals surface area (Å²) >= 11 is 12.1. The fraction of sp³-hybridized carbons (Fsp3) is 0.286. The molecular formula is C28H29Cl2N3O4S. The third-order valence-electron chi connectivity index (χ3n) is 6.54. The number of piperidine rings is 1. The number of amides is 2. The molecule has 0 atom stereocenters. The summed E-state index contributed by atoms with van der Waals surface area (Å²) in [4.78, 5) is 25.8. The van der Waals surface area contributed by atoms with E-state index >= 15 is 0 Å². The second-order valence-electron chi connectivity index (χ2n) is 9.19. The van der Waals surface area contributed by atoms with Crippen LogP contribution in [0.1, 0.15) is 34.3 Å². The van der Waals surface area contributed by atoms with Crippen LogP contribution in [-0.2, 0) is 27.0 Å². The summed E-state index contributed by atoms with van der Waals surface area (Å²) in [5, 5.41) is 6.53. The summed E-state index contributed by atoms with van der Waals surface area (Å²) in [6.07, 6.45) is 1.46. The third-order valence-corrected chi connectivity index (χ3v) is 8.96. The van der Waals surface area contributed by atoms with E-state index in [2.05, 4.69) is 10.6 Å². The zero-order valence-electron chi connectivity index (χ0n) is 20.7. The monoisotopic (exact) mass is 573 g/mol. The predicted octanol–water partition coefficient (Wildman–Crippen LogP) is 5.15. The lowest BCUT2D eigenvalue weighted by Crippen LogP contribution is -2.42. The Balaban J connectivity index is 1.31. The maximum absolute atomic E-state index is 13.0. The quantitative estimate of drug-likeness (QED) is 0.370. The lowest BCUT2D eigenvalue weighted by Gasteiger charge is -2.30. The van der Waals surface area contributed by atoms with E-state index < -0.39 is 10.0 Å². The first-order chi connectivity index (χ1) is 18.2. The van der Waals surface area contributed by atoms with Crippen molar-refractivity contribution in [3.63, 3.8) is 0 Å². The van der Waals surface area contributed by atoms with Gasteiger partial charge in [-0.2, -0.15) is 0 Å². The molecule has 0 radical (unpaired) electrons. The standard InChI is InChI=1S/C28H29Cl2N3O4S/c29-23-11-10-22(25(30)18-23)19-38(36,37)33-16-13-21(14-17-33)27(34)32-26-9-5-4-8-24(26)28(35)31-15-12-20-6-2-1-3-7-20/h1-11,18,21H,12-17,19H2,(H,31,35)(H,32,34). The predicted molar refractivity (Wildman–Crippen MR) is 151 cm³/mol. The van der Waals surface area contributed by atoms with Crippen molar-refractivity contribution in [1.82, 2.24) is 9.62 Å². The van der Waals surface area contributed by atoms with Crippen molar-refractivity contribution in [2.24, 2.45) is 5.92 Å². The van der Waals surface area contributed by atoms with Crippen molar-refractivity contribution in [1.29, 1.82) is 0 Å². The highest BCUT2D eigenvalue weighted by molar-refractivity contribution is 7.88.